The van der Waals surface area contributed by atoms with Crippen LogP contribution in [0.25, 0.3) is 0 Å². The van der Waals surface area contributed by atoms with Gasteiger partial charge in [-0.15, -0.1) is 0 Å². The van der Waals surface area contributed by atoms with Gasteiger partial charge >= 0.3 is 0 Å². The zero-order chi connectivity index (χ0) is 19.8. The number of hydrogen-bond acceptors (Lipinski definition) is 4. The van der Waals surface area contributed by atoms with E-state index in [1.54, 1.807) is 0 Å². The number of likely N-dealkylation sites (N-methyl/N-ethyl adjacent to an activating group) is 1. The van der Waals surface area contributed by atoms with Gasteiger partial charge in [-0.05, 0) is 30.2 Å². The molecule has 1 fully saturated rings. The van der Waals surface area contributed by atoms with Crippen LogP contribution in [0.1, 0.15) is 23.1 Å². The molecule has 0 bridgehead atoms. The number of rotatable bonds is 5. The van der Waals surface area contributed by atoms with E-state index in [-0.39, 0.29) is 23.5 Å². The van der Waals surface area contributed by atoms with E-state index in [1.165, 1.54) is 11.1 Å². The highest BCUT2D eigenvalue weighted by atomic mass is 32.2. The van der Waals surface area contributed by atoms with E-state index in [4.69, 9.17) is 0 Å². The Morgan fingerprint density at radius 2 is 1.68 bits per heavy atom. The first-order valence-electron chi connectivity index (χ1n) is 9.71. The number of fused-ring (bicyclic) bond motifs is 1. The van der Waals surface area contributed by atoms with Gasteiger partial charge in [-0.1, -0.05) is 54.6 Å². The van der Waals surface area contributed by atoms with Crippen LogP contribution in [0.3, 0.4) is 0 Å². The highest BCUT2D eigenvalue weighted by Gasteiger charge is 2.48. The van der Waals surface area contributed by atoms with Crippen LogP contribution < -0.4 is 5.32 Å². The molecule has 28 heavy (non-hydrogen) atoms. The van der Waals surface area contributed by atoms with Gasteiger partial charge in [-0.25, -0.2) is 8.42 Å². The van der Waals surface area contributed by atoms with E-state index in [2.05, 4.69) is 34.5 Å². The first kappa shape index (κ1) is 19.2. The van der Waals surface area contributed by atoms with E-state index in [0.717, 1.165) is 5.56 Å². The third kappa shape index (κ3) is 3.71. The third-order valence-corrected chi connectivity index (χ3v) is 7.84. The highest BCUT2D eigenvalue weighted by Crippen LogP contribution is 2.35. The predicted molar refractivity (Wildman–Crippen MR) is 110 cm³/mol. The minimum Gasteiger partial charge on any atom is -0.351 e. The lowest BCUT2D eigenvalue weighted by atomic mass is 9.91. The summed E-state index contributed by atoms with van der Waals surface area (Å²) in [5, 5.41) is 3.06. The van der Waals surface area contributed by atoms with E-state index in [9.17, 15) is 13.2 Å². The summed E-state index contributed by atoms with van der Waals surface area (Å²) < 4.78 is 23.6. The lowest BCUT2D eigenvalue weighted by molar-refractivity contribution is -0.133. The molecular formula is C22H26N2O3S. The van der Waals surface area contributed by atoms with E-state index >= 15 is 0 Å². The van der Waals surface area contributed by atoms with Crippen molar-refractivity contribution in [2.75, 3.05) is 18.6 Å². The minimum absolute atomic E-state index is 0.0458. The molecule has 148 valence electrons. The van der Waals surface area contributed by atoms with Crippen LogP contribution in [0.2, 0.25) is 0 Å². The normalized spacial score (nSPS) is 22.1. The van der Waals surface area contributed by atoms with E-state index < -0.39 is 15.4 Å². The Hall–Kier alpha value is -2.18. The second kappa shape index (κ2) is 7.33. The maximum atomic E-state index is 13.5. The maximum Gasteiger partial charge on any atom is 0.241 e. The number of nitrogens with zero attached hydrogens (tertiary/aromatic N) is 1. The van der Waals surface area contributed by atoms with Crippen molar-refractivity contribution >= 4 is 15.7 Å². The Kier molecular flexibility index (Phi) is 5.02. The third-order valence-electron chi connectivity index (χ3n) is 6.07. The van der Waals surface area contributed by atoms with Crippen molar-refractivity contribution in [3.63, 3.8) is 0 Å². The molecule has 5 nitrogen and oxygen atoms in total. The Bertz CT molecular complexity index is 947. The van der Waals surface area contributed by atoms with Crippen molar-refractivity contribution in [2.24, 2.45) is 0 Å². The second-order valence-corrected chi connectivity index (χ2v) is 10.3. The molecule has 1 aliphatic carbocycles. The number of benzene rings is 2. The van der Waals surface area contributed by atoms with Gasteiger partial charge in [0.2, 0.25) is 5.91 Å². The molecule has 1 heterocycles. The van der Waals surface area contributed by atoms with Crippen molar-refractivity contribution in [3.8, 4) is 0 Å². The van der Waals surface area contributed by atoms with Gasteiger partial charge in [0.05, 0.1) is 11.5 Å². The van der Waals surface area contributed by atoms with Crippen molar-refractivity contribution < 1.29 is 13.2 Å². The van der Waals surface area contributed by atoms with Gasteiger partial charge in [-0.3, -0.25) is 9.69 Å². The molecule has 2 aromatic rings. The summed E-state index contributed by atoms with van der Waals surface area (Å²) >= 11 is 0. The zero-order valence-corrected chi connectivity index (χ0v) is 16.9. The van der Waals surface area contributed by atoms with Crippen LogP contribution >= 0.6 is 0 Å². The number of amides is 1. The predicted octanol–water partition coefficient (Wildman–Crippen LogP) is 1.96. The van der Waals surface area contributed by atoms with Gasteiger partial charge < -0.3 is 5.32 Å². The SMILES string of the molecule is CN(Cc1ccccc1)C1(C(=O)NC2CCS(=O)(=O)C2)Cc2ccccc2C1. The molecule has 2 aromatic carbocycles. The second-order valence-electron chi connectivity index (χ2n) is 8.07. The molecule has 0 saturated carbocycles. The highest BCUT2D eigenvalue weighted by molar-refractivity contribution is 7.91. The van der Waals surface area contributed by atoms with Crippen molar-refractivity contribution in [3.05, 3.63) is 71.3 Å². The Balaban J connectivity index is 1.60. The quantitative estimate of drug-likeness (QED) is 0.836. The van der Waals surface area contributed by atoms with E-state index in [1.807, 2.05) is 37.4 Å². The van der Waals surface area contributed by atoms with Gasteiger partial charge in [-0.2, -0.15) is 0 Å². The maximum absolute atomic E-state index is 13.5. The topological polar surface area (TPSA) is 66.5 Å². The monoisotopic (exact) mass is 398 g/mol. The molecule has 1 atom stereocenters. The number of carbonyl (C=O) groups is 1. The smallest absolute Gasteiger partial charge is 0.241 e. The van der Waals surface area contributed by atoms with Gasteiger partial charge in [0.15, 0.2) is 9.84 Å². The molecule has 1 amide bonds. The van der Waals surface area contributed by atoms with E-state index in [0.29, 0.717) is 25.8 Å². The Labute approximate surface area is 166 Å². The minimum atomic E-state index is -3.04. The van der Waals surface area contributed by atoms with Gasteiger partial charge in [0.1, 0.15) is 5.54 Å². The van der Waals surface area contributed by atoms with Crippen LogP contribution in [0.4, 0.5) is 0 Å². The summed E-state index contributed by atoms with van der Waals surface area (Å²) in [5.74, 6) is 0.138. The fraction of sp³-hybridized carbons (Fsp3) is 0.409. The Morgan fingerprint density at radius 3 is 2.25 bits per heavy atom. The Morgan fingerprint density at radius 1 is 1.07 bits per heavy atom. The first-order chi connectivity index (χ1) is 13.4. The van der Waals surface area contributed by atoms with Crippen molar-refractivity contribution in [2.45, 2.75) is 37.4 Å². The number of carbonyl (C=O) groups excluding carboxylic acids is 1. The standard InChI is InChI=1S/C22H26N2O3S/c1-24(15-17-7-3-2-4-8-17)22(13-18-9-5-6-10-19(18)14-22)21(25)23-20-11-12-28(26,27)16-20/h2-10,20H,11-16H2,1H3,(H,23,25). The fourth-order valence-corrected chi connectivity index (χ4v) is 6.11. The molecule has 1 aliphatic heterocycles. The average molecular weight is 399 g/mol. The number of hydrogen-bond donors (Lipinski definition) is 1. The van der Waals surface area contributed by atoms with Gasteiger partial charge in [0.25, 0.3) is 0 Å². The molecular weight excluding hydrogens is 372 g/mol. The summed E-state index contributed by atoms with van der Waals surface area (Å²) in [5.41, 5.74) is 2.83. The van der Waals surface area contributed by atoms with Crippen LogP contribution in [-0.2, 0) is 34.0 Å². The van der Waals surface area contributed by atoms with Gasteiger partial charge in [0, 0.05) is 25.4 Å². The number of nitrogens with one attached hydrogen (secondary N) is 1. The lowest BCUT2D eigenvalue weighted by Gasteiger charge is -2.38. The molecule has 1 unspecified atom stereocenters. The van der Waals surface area contributed by atoms with Crippen LogP contribution in [0.15, 0.2) is 54.6 Å². The van der Waals surface area contributed by atoms with Crippen molar-refractivity contribution in [1.82, 2.24) is 10.2 Å². The molecule has 1 N–H and O–H groups in total. The first-order valence-corrected chi connectivity index (χ1v) is 11.5. The number of sulfone groups is 1. The summed E-state index contributed by atoms with van der Waals surface area (Å²) in [6, 6.07) is 18.0. The molecule has 6 heteroatoms. The van der Waals surface area contributed by atoms with Crippen LogP contribution in [0, 0.1) is 0 Å². The van der Waals surface area contributed by atoms with Crippen molar-refractivity contribution in [1.29, 1.82) is 0 Å². The molecule has 1 saturated heterocycles. The lowest BCUT2D eigenvalue weighted by Crippen LogP contribution is -2.59. The van der Waals surface area contributed by atoms with Crippen LogP contribution in [0.5, 0.6) is 0 Å². The summed E-state index contributed by atoms with van der Waals surface area (Å²) in [6.07, 6.45) is 1.77. The summed E-state index contributed by atoms with van der Waals surface area (Å²) in [7, 11) is -1.05. The molecule has 2 aliphatic rings. The molecule has 0 aromatic heterocycles. The summed E-state index contributed by atoms with van der Waals surface area (Å²) in [6.45, 7) is 0.658. The largest absolute Gasteiger partial charge is 0.351 e. The zero-order valence-electron chi connectivity index (χ0n) is 16.1. The summed E-state index contributed by atoms with van der Waals surface area (Å²) in [4.78, 5) is 15.6. The van der Waals surface area contributed by atoms with Crippen LogP contribution in [-0.4, -0.2) is 49.4 Å². The molecule has 0 spiro atoms. The average Bonchev–Trinajstić information content (AvgIpc) is 3.23. The molecule has 0 radical (unpaired) electrons. The fourth-order valence-electron chi connectivity index (χ4n) is 4.44. The molecule has 4 rings (SSSR count).